The first-order valence-electron chi connectivity index (χ1n) is 3.91. The lowest BCUT2D eigenvalue weighted by Crippen LogP contribution is -2.20. The second-order valence-corrected chi connectivity index (χ2v) is 2.86. The van der Waals surface area contributed by atoms with E-state index >= 15 is 0 Å². The Hall–Kier alpha value is -2.26. The number of aliphatic carboxylic acids is 1. The van der Waals surface area contributed by atoms with Crippen LogP contribution >= 0.6 is 0 Å². The van der Waals surface area contributed by atoms with Crippen LogP contribution in [0.1, 0.15) is 17.2 Å². The number of nitrogens with two attached hydrogens (primary N) is 1. The van der Waals surface area contributed by atoms with Crippen LogP contribution in [0.15, 0.2) is 12.1 Å². The van der Waals surface area contributed by atoms with Gasteiger partial charge in [0.25, 0.3) is 0 Å². The van der Waals surface area contributed by atoms with Crippen LogP contribution in [0.4, 0.5) is 0 Å². The summed E-state index contributed by atoms with van der Waals surface area (Å²) in [5.41, 5.74) is 5.01. The molecule has 15 heavy (non-hydrogen) atoms. The molecule has 6 heteroatoms. The van der Waals surface area contributed by atoms with Gasteiger partial charge in [0.1, 0.15) is 23.6 Å². The highest BCUT2D eigenvalue weighted by atomic mass is 16.4. The number of phenolic OH excluding ortho intramolecular Hbond substituents is 2. The molecule has 0 heterocycles. The monoisotopic (exact) mass is 208 g/mol. The van der Waals surface area contributed by atoms with Gasteiger partial charge in [-0.15, -0.1) is 0 Å². The van der Waals surface area contributed by atoms with E-state index in [1.807, 2.05) is 0 Å². The summed E-state index contributed by atoms with van der Waals surface area (Å²) in [4.78, 5) is 10.6. The molecule has 1 aromatic rings. The molecule has 0 fully saturated rings. The number of benzene rings is 1. The summed E-state index contributed by atoms with van der Waals surface area (Å²) >= 11 is 0. The Morgan fingerprint density at radius 3 is 2.47 bits per heavy atom. The molecule has 0 saturated heterocycles. The number of carboxylic acid groups (broad SMARTS) is 1. The van der Waals surface area contributed by atoms with Crippen LogP contribution in [-0.2, 0) is 4.79 Å². The fraction of sp³-hybridized carbons (Fsp3) is 0.111. The van der Waals surface area contributed by atoms with Gasteiger partial charge in [-0.3, -0.25) is 4.79 Å². The maximum absolute atomic E-state index is 10.6. The van der Waals surface area contributed by atoms with Gasteiger partial charge in [0.15, 0.2) is 0 Å². The molecule has 0 bridgehead atoms. The quantitative estimate of drug-likeness (QED) is 0.543. The molecule has 78 valence electrons. The van der Waals surface area contributed by atoms with E-state index in [1.54, 1.807) is 6.07 Å². The lowest BCUT2D eigenvalue weighted by molar-refractivity contribution is -0.138. The van der Waals surface area contributed by atoms with Crippen molar-refractivity contribution < 1.29 is 20.1 Å². The van der Waals surface area contributed by atoms with Crippen molar-refractivity contribution in [2.45, 2.75) is 6.04 Å². The molecule has 6 nitrogen and oxygen atoms in total. The van der Waals surface area contributed by atoms with Crippen molar-refractivity contribution in [3.8, 4) is 17.6 Å². The van der Waals surface area contributed by atoms with Crippen molar-refractivity contribution >= 4 is 5.97 Å². The lowest BCUT2D eigenvalue weighted by atomic mass is 10.0. The average molecular weight is 208 g/mol. The van der Waals surface area contributed by atoms with E-state index in [1.165, 1.54) is 0 Å². The number of phenols is 2. The zero-order chi connectivity index (χ0) is 11.6. The van der Waals surface area contributed by atoms with Crippen molar-refractivity contribution in [3.05, 3.63) is 23.3 Å². The number of nitrogens with zero attached hydrogens (tertiary/aromatic N) is 1. The van der Waals surface area contributed by atoms with Crippen molar-refractivity contribution in [1.82, 2.24) is 0 Å². The maximum Gasteiger partial charge on any atom is 0.325 e. The minimum Gasteiger partial charge on any atom is -0.507 e. The van der Waals surface area contributed by atoms with Crippen molar-refractivity contribution in [3.63, 3.8) is 0 Å². The Bertz CT molecular complexity index is 450. The van der Waals surface area contributed by atoms with Gasteiger partial charge >= 0.3 is 5.97 Å². The highest BCUT2D eigenvalue weighted by Crippen LogP contribution is 2.30. The van der Waals surface area contributed by atoms with E-state index in [4.69, 9.17) is 21.2 Å². The van der Waals surface area contributed by atoms with Gasteiger partial charge in [-0.05, 0) is 6.07 Å². The Kier molecular flexibility index (Phi) is 2.78. The van der Waals surface area contributed by atoms with Gasteiger partial charge in [0.05, 0.1) is 5.56 Å². The van der Waals surface area contributed by atoms with E-state index in [9.17, 15) is 9.90 Å². The number of hydrogen-bond acceptors (Lipinski definition) is 5. The van der Waals surface area contributed by atoms with E-state index in [-0.39, 0.29) is 11.1 Å². The van der Waals surface area contributed by atoms with Gasteiger partial charge in [-0.25, -0.2) is 0 Å². The molecular formula is C9H8N2O4. The van der Waals surface area contributed by atoms with Gasteiger partial charge in [-0.2, -0.15) is 5.26 Å². The Labute approximate surface area is 84.8 Å². The molecule has 1 unspecified atom stereocenters. The van der Waals surface area contributed by atoms with Crippen LogP contribution in [0.3, 0.4) is 0 Å². The van der Waals surface area contributed by atoms with Crippen molar-refractivity contribution in [2.24, 2.45) is 5.73 Å². The highest BCUT2D eigenvalue weighted by molar-refractivity contribution is 5.77. The number of carboxylic acids is 1. The van der Waals surface area contributed by atoms with Crippen LogP contribution < -0.4 is 5.73 Å². The molecular weight excluding hydrogens is 200 g/mol. The lowest BCUT2D eigenvalue weighted by Gasteiger charge is -2.09. The first-order chi connectivity index (χ1) is 6.97. The van der Waals surface area contributed by atoms with Gasteiger partial charge in [-0.1, -0.05) is 0 Å². The third-order valence-electron chi connectivity index (χ3n) is 1.87. The van der Waals surface area contributed by atoms with E-state index in [0.29, 0.717) is 0 Å². The molecule has 0 radical (unpaired) electrons. The molecule has 0 saturated carbocycles. The van der Waals surface area contributed by atoms with E-state index < -0.39 is 23.5 Å². The summed E-state index contributed by atoms with van der Waals surface area (Å²) in [6.07, 6.45) is 0. The summed E-state index contributed by atoms with van der Waals surface area (Å²) in [5, 5.41) is 35.7. The summed E-state index contributed by atoms with van der Waals surface area (Å²) in [6, 6.07) is 2.15. The number of rotatable bonds is 2. The summed E-state index contributed by atoms with van der Waals surface area (Å²) in [5.74, 6) is -2.21. The SMILES string of the molecule is N#Cc1cc(C(N)C(=O)O)c(O)cc1O. The van der Waals surface area contributed by atoms with Crippen LogP contribution in [0.2, 0.25) is 0 Å². The van der Waals surface area contributed by atoms with Gasteiger partial charge < -0.3 is 21.1 Å². The molecule has 0 amide bonds. The molecule has 5 N–H and O–H groups in total. The molecule has 0 aromatic heterocycles. The van der Waals surface area contributed by atoms with Gasteiger partial charge in [0, 0.05) is 11.6 Å². The highest BCUT2D eigenvalue weighted by Gasteiger charge is 2.20. The third-order valence-corrected chi connectivity index (χ3v) is 1.87. The summed E-state index contributed by atoms with van der Waals surface area (Å²) < 4.78 is 0. The zero-order valence-corrected chi connectivity index (χ0v) is 7.51. The first kappa shape index (κ1) is 10.8. The minimum atomic E-state index is -1.43. The predicted octanol–water partition coefficient (Wildman–Crippen LogP) is 0.0539. The van der Waals surface area contributed by atoms with Crippen molar-refractivity contribution in [2.75, 3.05) is 0 Å². The Balaban J connectivity index is 3.32. The molecule has 0 aliphatic carbocycles. The molecule has 0 aliphatic rings. The Morgan fingerprint density at radius 1 is 1.40 bits per heavy atom. The normalized spacial score (nSPS) is 11.7. The third kappa shape index (κ3) is 1.98. The summed E-state index contributed by atoms with van der Waals surface area (Å²) in [7, 11) is 0. The van der Waals surface area contributed by atoms with Crippen LogP contribution in [0, 0.1) is 11.3 Å². The largest absolute Gasteiger partial charge is 0.507 e. The molecule has 0 spiro atoms. The molecule has 1 aromatic carbocycles. The first-order valence-corrected chi connectivity index (χ1v) is 3.91. The topological polar surface area (TPSA) is 128 Å². The second-order valence-electron chi connectivity index (χ2n) is 2.86. The zero-order valence-electron chi connectivity index (χ0n) is 7.51. The molecule has 1 atom stereocenters. The fourth-order valence-electron chi connectivity index (χ4n) is 1.07. The van der Waals surface area contributed by atoms with Crippen LogP contribution in [-0.4, -0.2) is 21.3 Å². The average Bonchev–Trinajstić information content (AvgIpc) is 2.17. The number of nitriles is 1. The van der Waals surface area contributed by atoms with E-state index in [0.717, 1.165) is 12.1 Å². The Morgan fingerprint density at radius 2 is 2.00 bits per heavy atom. The van der Waals surface area contributed by atoms with Crippen LogP contribution in [0.5, 0.6) is 11.5 Å². The molecule has 1 rings (SSSR count). The molecule has 0 aliphatic heterocycles. The predicted molar refractivity (Wildman–Crippen MR) is 49.1 cm³/mol. The van der Waals surface area contributed by atoms with E-state index in [2.05, 4.69) is 0 Å². The minimum absolute atomic E-state index is 0.114. The fourth-order valence-corrected chi connectivity index (χ4v) is 1.07. The standard InChI is InChI=1S/C9H8N2O4/c10-3-4-1-5(8(11)9(14)15)7(13)2-6(4)12/h1-2,8,12-13H,11H2,(H,14,15). The number of aromatic hydroxyl groups is 2. The number of carbonyl (C=O) groups is 1. The smallest absolute Gasteiger partial charge is 0.325 e. The van der Waals surface area contributed by atoms with Crippen molar-refractivity contribution in [1.29, 1.82) is 5.26 Å². The second kappa shape index (κ2) is 3.86. The maximum atomic E-state index is 10.6. The van der Waals surface area contributed by atoms with Crippen LogP contribution in [0.25, 0.3) is 0 Å². The summed E-state index contributed by atoms with van der Waals surface area (Å²) in [6.45, 7) is 0. The van der Waals surface area contributed by atoms with Gasteiger partial charge in [0.2, 0.25) is 0 Å². The number of hydrogen-bond donors (Lipinski definition) is 4.